The molecule has 0 spiro atoms. The summed E-state index contributed by atoms with van der Waals surface area (Å²) in [6.45, 7) is 2.04. The highest BCUT2D eigenvalue weighted by molar-refractivity contribution is 5.24. The summed E-state index contributed by atoms with van der Waals surface area (Å²) >= 11 is 0. The zero-order chi connectivity index (χ0) is 13.9. The van der Waals surface area contributed by atoms with Gasteiger partial charge in [0, 0.05) is 17.6 Å². The second-order valence-corrected chi connectivity index (χ2v) is 5.64. The Balaban J connectivity index is 1.79. The van der Waals surface area contributed by atoms with Crippen LogP contribution in [0.1, 0.15) is 43.0 Å². The molecule has 0 aliphatic heterocycles. The molecule has 2 unspecified atom stereocenters. The minimum Gasteiger partial charge on any atom is -0.303 e. The zero-order valence-corrected chi connectivity index (χ0v) is 11.7. The van der Waals surface area contributed by atoms with Gasteiger partial charge in [-0.15, -0.1) is 0 Å². The minimum absolute atomic E-state index is 0.0157. The van der Waals surface area contributed by atoms with Crippen molar-refractivity contribution in [2.24, 2.45) is 5.92 Å². The van der Waals surface area contributed by atoms with Crippen LogP contribution in [0.15, 0.2) is 54.6 Å². The van der Waals surface area contributed by atoms with E-state index in [0.717, 1.165) is 5.56 Å². The van der Waals surface area contributed by atoms with Gasteiger partial charge in [0.2, 0.25) is 0 Å². The molecule has 2 atom stereocenters. The van der Waals surface area contributed by atoms with Gasteiger partial charge in [0.15, 0.2) is 0 Å². The smallest absolute Gasteiger partial charge is 0.127 e. The predicted molar refractivity (Wildman–Crippen MR) is 79.9 cm³/mol. The number of hydrogen-bond acceptors (Lipinski definition) is 1. The predicted octanol–water partition coefficient (Wildman–Crippen LogP) is 4.63. The number of benzene rings is 2. The van der Waals surface area contributed by atoms with Crippen molar-refractivity contribution in [2.75, 3.05) is 0 Å². The Morgan fingerprint density at radius 2 is 1.65 bits per heavy atom. The normalized spacial score (nSPS) is 17.7. The molecule has 1 aliphatic rings. The van der Waals surface area contributed by atoms with Gasteiger partial charge in [-0.25, -0.2) is 4.39 Å². The van der Waals surface area contributed by atoms with Crippen molar-refractivity contribution in [2.45, 2.75) is 31.8 Å². The Kier molecular flexibility index (Phi) is 3.83. The van der Waals surface area contributed by atoms with Crippen molar-refractivity contribution in [1.29, 1.82) is 0 Å². The highest BCUT2D eigenvalue weighted by Gasteiger charge is 2.33. The van der Waals surface area contributed by atoms with Crippen molar-refractivity contribution >= 4 is 0 Å². The van der Waals surface area contributed by atoms with Crippen LogP contribution in [0.3, 0.4) is 0 Å². The lowest BCUT2D eigenvalue weighted by Gasteiger charge is -2.24. The molecule has 2 aromatic carbocycles. The minimum atomic E-state index is -0.130. The third kappa shape index (κ3) is 2.91. The van der Waals surface area contributed by atoms with E-state index in [9.17, 15) is 4.39 Å². The second kappa shape index (κ2) is 5.76. The molecule has 104 valence electrons. The summed E-state index contributed by atoms with van der Waals surface area (Å²) in [7, 11) is 0. The molecular weight excluding hydrogens is 249 g/mol. The van der Waals surface area contributed by atoms with Crippen LogP contribution >= 0.6 is 0 Å². The quantitative estimate of drug-likeness (QED) is 0.834. The maximum atomic E-state index is 13.9. The van der Waals surface area contributed by atoms with Crippen molar-refractivity contribution in [3.05, 3.63) is 71.5 Å². The van der Waals surface area contributed by atoms with E-state index in [1.54, 1.807) is 6.07 Å². The summed E-state index contributed by atoms with van der Waals surface area (Å²) in [5.41, 5.74) is 2.05. The zero-order valence-electron chi connectivity index (χ0n) is 11.7. The van der Waals surface area contributed by atoms with E-state index in [1.807, 2.05) is 25.1 Å². The highest BCUT2D eigenvalue weighted by Crippen LogP contribution is 2.42. The van der Waals surface area contributed by atoms with Crippen molar-refractivity contribution in [3.8, 4) is 0 Å². The van der Waals surface area contributed by atoms with Crippen LogP contribution in [-0.2, 0) is 0 Å². The molecule has 0 bridgehead atoms. The van der Waals surface area contributed by atoms with Crippen LogP contribution in [0.4, 0.5) is 4.39 Å². The Labute approximate surface area is 119 Å². The third-order valence-corrected chi connectivity index (χ3v) is 4.05. The maximum absolute atomic E-state index is 13.9. The van der Waals surface area contributed by atoms with E-state index >= 15 is 0 Å². The van der Waals surface area contributed by atoms with Crippen LogP contribution in [-0.4, -0.2) is 0 Å². The molecule has 0 radical (unpaired) electrons. The molecule has 1 fully saturated rings. The van der Waals surface area contributed by atoms with E-state index < -0.39 is 0 Å². The fourth-order valence-corrected chi connectivity index (χ4v) is 2.78. The van der Waals surface area contributed by atoms with Gasteiger partial charge in [0.1, 0.15) is 5.82 Å². The fourth-order valence-electron chi connectivity index (χ4n) is 2.78. The summed E-state index contributed by atoms with van der Waals surface area (Å²) in [4.78, 5) is 0. The summed E-state index contributed by atoms with van der Waals surface area (Å²) in [6, 6.07) is 17.9. The number of rotatable bonds is 5. The molecule has 0 amide bonds. The monoisotopic (exact) mass is 269 g/mol. The van der Waals surface area contributed by atoms with Crippen molar-refractivity contribution < 1.29 is 4.39 Å². The maximum Gasteiger partial charge on any atom is 0.127 e. The van der Waals surface area contributed by atoms with E-state index in [0.29, 0.717) is 12.0 Å². The van der Waals surface area contributed by atoms with Gasteiger partial charge in [-0.05, 0) is 37.3 Å². The Hall–Kier alpha value is -1.67. The molecular formula is C18H20FN. The van der Waals surface area contributed by atoms with E-state index in [2.05, 4.69) is 29.6 Å². The Morgan fingerprint density at radius 3 is 2.30 bits per heavy atom. The van der Waals surface area contributed by atoms with Gasteiger partial charge >= 0.3 is 0 Å². The number of halogens is 1. The lowest BCUT2D eigenvalue weighted by Crippen LogP contribution is -2.26. The molecule has 1 nitrogen and oxygen atoms in total. The largest absolute Gasteiger partial charge is 0.303 e. The van der Waals surface area contributed by atoms with Gasteiger partial charge < -0.3 is 5.32 Å². The van der Waals surface area contributed by atoms with Gasteiger partial charge in [-0.2, -0.15) is 0 Å². The van der Waals surface area contributed by atoms with Crippen molar-refractivity contribution in [1.82, 2.24) is 5.32 Å². The Bertz CT molecular complexity index is 563. The average Bonchev–Trinajstić information content (AvgIpc) is 3.30. The molecule has 0 saturated heterocycles. The molecule has 2 heteroatoms. The summed E-state index contributed by atoms with van der Waals surface area (Å²) in [5.74, 6) is 0.557. The molecule has 1 saturated carbocycles. The number of hydrogen-bond donors (Lipinski definition) is 1. The van der Waals surface area contributed by atoms with E-state index in [-0.39, 0.29) is 11.9 Å². The van der Waals surface area contributed by atoms with Gasteiger partial charge in [0.25, 0.3) is 0 Å². The molecule has 0 heterocycles. The van der Waals surface area contributed by atoms with Gasteiger partial charge in [-0.1, -0.05) is 48.5 Å². The highest BCUT2D eigenvalue weighted by atomic mass is 19.1. The van der Waals surface area contributed by atoms with Crippen LogP contribution in [0.25, 0.3) is 0 Å². The topological polar surface area (TPSA) is 12.0 Å². The molecule has 0 aromatic heterocycles. The number of nitrogens with one attached hydrogen (secondary N) is 1. The third-order valence-electron chi connectivity index (χ3n) is 4.05. The van der Waals surface area contributed by atoms with Crippen LogP contribution in [0.5, 0.6) is 0 Å². The van der Waals surface area contributed by atoms with Crippen LogP contribution in [0.2, 0.25) is 0 Å². The molecule has 2 aromatic rings. The van der Waals surface area contributed by atoms with E-state index in [4.69, 9.17) is 0 Å². The first kappa shape index (κ1) is 13.3. The SMILES string of the molecule is CC(NC(c1ccccc1)C1CC1)c1ccccc1F. The first-order chi connectivity index (χ1) is 9.75. The van der Waals surface area contributed by atoms with Gasteiger partial charge in [-0.3, -0.25) is 0 Å². The fraction of sp³-hybridized carbons (Fsp3) is 0.333. The Morgan fingerprint density at radius 1 is 1.00 bits per heavy atom. The van der Waals surface area contributed by atoms with Crippen LogP contribution < -0.4 is 5.32 Å². The summed E-state index contributed by atoms with van der Waals surface area (Å²) in [5, 5.41) is 3.61. The van der Waals surface area contributed by atoms with Crippen LogP contribution in [0, 0.1) is 11.7 Å². The standard InChI is InChI=1S/C18H20FN/c1-13(16-9-5-6-10-17(16)19)20-18(15-11-12-15)14-7-3-2-4-8-14/h2-10,13,15,18,20H,11-12H2,1H3. The van der Waals surface area contributed by atoms with E-state index in [1.165, 1.54) is 24.5 Å². The molecule has 1 aliphatic carbocycles. The average molecular weight is 269 g/mol. The molecule has 1 N–H and O–H groups in total. The summed E-state index contributed by atoms with van der Waals surface area (Å²) < 4.78 is 13.9. The second-order valence-electron chi connectivity index (χ2n) is 5.64. The lowest BCUT2D eigenvalue weighted by atomic mass is 9.99. The molecule has 20 heavy (non-hydrogen) atoms. The first-order valence-electron chi connectivity index (χ1n) is 7.31. The molecule has 3 rings (SSSR count). The summed E-state index contributed by atoms with van der Waals surface area (Å²) in [6.07, 6.45) is 2.52. The lowest BCUT2D eigenvalue weighted by molar-refractivity contribution is 0.417. The first-order valence-corrected chi connectivity index (χ1v) is 7.31. The van der Waals surface area contributed by atoms with Crippen molar-refractivity contribution in [3.63, 3.8) is 0 Å². The van der Waals surface area contributed by atoms with Gasteiger partial charge in [0.05, 0.1) is 0 Å².